The van der Waals surface area contributed by atoms with Crippen LogP contribution in [0.3, 0.4) is 0 Å². The molecule has 0 spiro atoms. The standard InChI is InChI=1S/C25H28O6S/c1-15-7-9-17(10-8-15)32-23-18(26)13-25(2,3)14-21(23)31-24(27)16-11-19(28-4)22(30-6)20(12-16)29-5/h7-12H,13-14H2,1-6H3. The zero-order chi connectivity index (χ0) is 23.5. The highest BCUT2D eigenvalue weighted by atomic mass is 32.2. The van der Waals surface area contributed by atoms with Crippen LogP contribution in [0.15, 0.2) is 52.0 Å². The Bertz CT molecular complexity index is 1030. The first-order chi connectivity index (χ1) is 15.2. The van der Waals surface area contributed by atoms with E-state index < -0.39 is 5.97 Å². The average molecular weight is 457 g/mol. The Morgan fingerprint density at radius 3 is 2.06 bits per heavy atom. The van der Waals surface area contributed by atoms with Crippen LogP contribution in [0.5, 0.6) is 17.2 Å². The highest BCUT2D eigenvalue weighted by Crippen LogP contribution is 2.44. The lowest BCUT2D eigenvalue weighted by Crippen LogP contribution is -2.26. The molecule has 0 aromatic heterocycles. The second-order valence-electron chi connectivity index (χ2n) is 8.41. The maximum absolute atomic E-state index is 13.1. The Morgan fingerprint density at radius 1 is 0.938 bits per heavy atom. The van der Waals surface area contributed by atoms with Crippen molar-refractivity contribution in [2.45, 2.75) is 38.5 Å². The SMILES string of the molecule is COc1cc(C(=O)OC2=C(Sc3ccc(C)cc3)C(=O)CC(C)(C)C2)cc(OC)c1OC. The normalized spacial score (nSPS) is 15.4. The fourth-order valence-electron chi connectivity index (χ4n) is 3.54. The fourth-order valence-corrected chi connectivity index (χ4v) is 4.46. The molecule has 0 saturated carbocycles. The molecule has 0 saturated heterocycles. The minimum absolute atomic E-state index is 0.0282. The molecule has 0 amide bonds. The molecule has 0 heterocycles. The number of benzene rings is 2. The molecule has 32 heavy (non-hydrogen) atoms. The van der Waals surface area contributed by atoms with E-state index in [-0.39, 0.29) is 16.8 Å². The topological polar surface area (TPSA) is 71.1 Å². The first-order valence-electron chi connectivity index (χ1n) is 10.2. The van der Waals surface area contributed by atoms with Gasteiger partial charge in [0.05, 0.1) is 31.8 Å². The van der Waals surface area contributed by atoms with Crippen molar-refractivity contribution in [1.82, 2.24) is 0 Å². The number of rotatable bonds is 7. The summed E-state index contributed by atoms with van der Waals surface area (Å²) in [6.07, 6.45) is 0.871. The van der Waals surface area contributed by atoms with Crippen molar-refractivity contribution < 1.29 is 28.5 Å². The zero-order valence-corrected chi connectivity index (χ0v) is 20.1. The lowest BCUT2D eigenvalue weighted by Gasteiger charge is -2.31. The van der Waals surface area contributed by atoms with Crippen LogP contribution in [-0.4, -0.2) is 33.1 Å². The van der Waals surface area contributed by atoms with Crippen LogP contribution in [-0.2, 0) is 9.53 Å². The van der Waals surface area contributed by atoms with Crippen molar-refractivity contribution in [2.24, 2.45) is 5.41 Å². The van der Waals surface area contributed by atoms with Gasteiger partial charge in [0.2, 0.25) is 5.75 Å². The third-order valence-electron chi connectivity index (χ3n) is 5.14. The van der Waals surface area contributed by atoms with Gasteiger partial charge in [-0.05, 0) is 36.6 Å². The number of ether oxygens (including phenoxy) is 4. The van der Waals surface area contributed by atoms with Crippen LogP contribution in [0.25, 0.3) is 0 Å². The van der Waals surface area contributed by atoms with E-state index in [4.69, 9.17) is 18.9 Å². The molecule has 0 N–H and O–H groups in total. The molecule has 7 heteroatoms. The van der Waals surface area contributed by atoms with Gasteiger partial charge < -0.3 is 18.9 Å². The Balaban J connectivity index is 1.97. The Labute approximate surface area is 192 Å². The Hall–Kier alpha value is -2.93. The summed E-state index contributed by atoms with van der Waals surface area (Å²) in [5.74, 6) is 0.848. The highest BCUT2D eigenvalue weighted by molar-refractivity contribution is 8.04. The van der Waals surface area contributed by atoms with Crippen LogP contribution in [0.4, 0.5) is 0 Å². The van der Waals surface area contributed by atoms with Gasteiger partial charge in [-0.2, -0.15) is 0 Å². The van der Waals surface area contributed by atoms with E-state index in [9.17, 15) is 9.59 Å². The number of methoxy groups -OCH3 is 3. The largest absolute Gasteiger partial charge is 0.493 e. The molecule has 1 aliphatic rings. The number of aryl methyl sites for hydroxylation is 1. The van der Waals surface area contributed by atoms with Crippen LogP contribution < -0.4 is 14.2 Å². The van der Waals surface area contributed by atoms with E-state index in [2.05, 4.69) is 0 Å². The smallest absolute Gasteiger partial charge is 0.343 e. The molecule has 0 bridgehead atoms. The molecule has 1 aliphatic carbocycles. The first kappa shape index (κ1) is 23.7. The molecule has 0 atom stereocenters. The van der Waals surface area contributed by atoms with Gasteiger partial charge in [-0.3, -0.25) is 4.79 Å². The van der Waals surface area contributed by atoms with Gasteiger partial charge in [0, 0.05) is 17.7 Å². The van der Waals surface area contributed by atoms with E-state index in [0.29, 0.717) is 40.8 Å². The summed E-state index contributed by atoms with van der Waals surface area (Å²) in [5.41, 5.74) is 1.07. The van der Waals surface area contributed by atoms with Gasteiger partial charge in [-0.1, -0.05) is 43.3 Å². The molecular weight excluding hydrogens is 428 g/mol. The molecule has 2 aromatic carbocycles. The van der Waals surface area contributed by atoms with Crippen LogP contribution in [0, 0.1) is 12.3 Å². The van der Waals surface area contributed by atoms with Crippen LogP contribution >= 0.6 is 11.8 Å². The average Bonchev–Trinajstić information content (AvgIpc) is 2.75. The van der Waals surface area contributed by atoms with Crippen LogP contribution in [0.1, 0.15) is 42.6 Å². The van der Waals surface area contributed by atoms with E-state index in [1.807, 2.05) is 45.0 Å². The number of allylic oxidation sites excluding steroid dienone is 2. The lowest BCUT2D eigenvalue weighted by atomic mass is 9.79. The lowest BCUT2D eigenvalue weighted by molar-refractivity contribution is -0.117. The minimum Gasteiger partial charge on any atom is -0.493 e. The fraction of sp³-hybridized carbons (Fsp3) is 0.360. The minimum atomic E-state index is -0.591. The molecule has 0 fully saturated rings. The molecule has 0 unspecified atom stereocenters. The number of Topliss-reactive ketones (excluding diaryl/α,β-unsaturated/α-hetero) is 1. The maximum atomic E-state index is 13.1. The zero-order valence-electron chi connectivity index (χ0n) is 19.2. The molecule has 2 aromatic rings. The quantitative estimate of drug-likeness (QED) is 0.504. The number of esters is 1. The number of hydrogen-bond acceptors (Lipinski definition) is 7. The van der Waals surface area contributed by atoms with Gasteiger partial charge >= 0.3 is 5.97 Å². The third kappa shape index (κ3) is 5.27. The summed E-state index contributed by atoms with van der Waals surface area (Å²) in [4.78, 5) is 27.4. The molecule has 0 radical (unpaired) electrons. The molecule has 0 aliphatic heterocycles. The molecule has 6 nitrogen and oxygen atoms in total. The monoisotopic (exact) mass is 456 g/mol. The van der Waals surface area contributed by atoms with E-state index in [1.54, 1.807) is 0 Å². The third-order valence-corrected chi connectivity index (χ3v) is 6.31. The summed E-state index contributed by atoms with van der Waals surface area (Å²) < 4.78 is 21.8. The van der Waals surface area contributed by atoms with Gasteiger partial charge in [0.1, 0.15) is 5.76 Å². The Morgan fingerprint density at radius 2 is 1.53 bits per heavy atom. The number of ketones is 1. The van der Waals surface area contributed by atoms with Crippen molar-refractivity contribution in [2.75, 3.05) is 21.3 Å². The van der Waals surface area contributed by atoms with Gasteiger partial charge in [-0.25, -0.2) is 4.79 Å². The highest BCUT2D eigenvalue weighted by Gasteiger charge is 2.36. The van der Waals surface area contributed by atoms with Gasteiger partial charge in [0.15, 0.2) is 17.3 Å². The maximum Gasteiger partial charge on any atom is 0.343 e. The number of thioether (sulfide) groups is 1. The number of carbonyl (C=O) groups is 2. The predicted molar refractivity (Wildman–Crippen MR) is 124 cm³/mol. The van der Waals surface area contributed by atoms with E-state index in [1.165, 1.54) is 45.2 Å². The van der Waals surface area contributed by atoms with Crippen molar-refractivity contribution in [3.63, 3.8) is 0 Å². The summed E-state index contributed by atoms with van der Waals surface area (Å²) >= 11 is 1.33. The summed E-state index contributed by atoms with van der Waals surface area (Å²) in [6, 6.07) is 11.0. The van der Waals surface area contributed by atoms with Crippen LogP contribution in [0.2, 0.25) is 0 Å². The van der Waals surface area contributed by atoms with Crippen molar-refractivity contribution >= 4 is 23.5 Å². The van der Waals surface area contributed by atoms with Crippen molar-refractivity contribution in [3.05, 3.63) is 58.2 Å². The van der Waals surface area contributed by atoms with Crippen molar-refractivity contribution in [3.8, 4) is 17.2 Å². The second kappa shape index (κ2) is 9.69. The molecule has 170 valence electrons. The van der Waals surface area contributed by atoms with E-state index in [0.717, 1.165) is 10.5 Å². The Kier molecular flexibility index (Phi) is 7.19. The number of hydrogen-bond donors (Lipinski definition) is 0. The summed E-state index contributed by atoms with van der Waals surface area (Å²) in [7, 11) is 4.45. The van der Waals surface area contributed by atoms with Gasteiger partial charge in [-0.15, -0.1) is 0 Å². The van der Waals surface area contributed by atoms with Crippen molar-refractivity contribution in [1.29, 1.82) is 0 Å². The second-order valence-corrected chi connectivity index (χ2v) is 9.50. The molecule has 3 rings (SSSR count). The van der Waals surface area contributed by atoms with Gasteiger partial charge in [0.25, 0.3) is 0 Å². The predicted octanol–water partition coefficient (Wildman–Crippen LogP) is 5.57. The van der Waals surface area contributed by atoms with E-state index >= 15 is 0 Å². The molecular formula is C25H28O6S. The first-order valence-corrected chi connectivity index (χ1v) is 11.0. The summed E-state index contributed by atoms with van der Waals surface area (Å²) in [5, 5.41) is 0. The summed E-state index contributed by atoms with van der Waals surface area (Å²) in [6.45, 7) is 5.99. The number of carbonyl (C=O) groups excluding carboxylic acids is 2.